The predicted molar refractivity (Wildman–Crippen MR) is 127 cm³/mol. The van der Waals surface area contributed by atoms with Gasteiger partial charge in [-0.1, -0.05) is 30.0 Å². The van der Waals surface area contributed by atoms with Gasteiger partial charge in [0, 0.05) is 11.9 Å². The van der Waals surface area contributed by atoms with E-state index in [1.807, 2.05) is 38.1 Å². The Balaban J connectivity index is 1.66. The Morgan fingerprint density at radius 1 is 1.09 bits per heavy atom. The van der Waals surface area contributed by atoms with Gasteiger partial charge in [-0.25, -0.2) is 9.97 Å². The highest BCUT2D eigenvalue weighted by atomic mass is 32.2. The second-order valence-electron chi connectivity index (χ2n) is 6.99. The van der Waals surface area contributed by atoms with Gasteiger partial charge >= 0.3 is 0 Å². The Morgan fingerprint density at radius 2 is 1.88 bits per heavy atom. The zero-order valence-electron chi connectivity index (χ0n) is 17.7. The minimum Gasteiger partial charge on any atom is -0.494 e. The molecule has 0 bridgehead atoms. The molecule has 0 saturated heterocycles. The highest BCUT2D eigenvalue weighted by Gasteiger charge is 2.16. The van der Waals surface area contributed by atoms with E-state index in [0.29, 0.717) is 34.2 Å². The molecule has 0 fully saturated rings. The number of aryl methyl sites for hydroxylation is 1. The van der Waals surface area contributed by atoms with Crippen molar-refractivity contribution in [2.45, 2.75) is 19.0 Å². The lowest BCUT2D eigenvalue weighted by Crippen LogP contribution is -2.23. The number of pyridine rings is 1. The van der Waals surface area contributed by atoms with Crippen molar-refractivity contribution >= 4 is 34.4 Å². The van der Waals surface area contributed by atoms with Gasteiger partial charge in [0.2, 0.25) is 5.91 Å². The number of rotatable bonds is 7. The molecule has 162 valence electrons. The fourth-order valence-electron chi connectivity index (χ4n) is 3.21. The van der Waals surface area contributed by atoms with E-state index in [-0.39, 0.29) is 17.2 Å². The molecule has 7 nitrogen and oxygen atoms in total. The Bertz CT molecular complexity index is 1320. The molecule has 0 saturated carbocycles. The maximum absolute atomic E-state index is 13.3. The molecule has 32 heavy (non-hydrogen) atoms. The highest BCUT2D eigenvalue weighted by molar-refractivity contribution is 7.99. The van der Waals surface area contributed by atoms with Crippen molar-refractivity contribution in [3.63, 3.8) is 0 Å². The number of aromatic nitrogens is 3. The molecule has 8 heteroatoms. The van der Waals surface area contributed by atoms with Crippen LogP contribution in [-0.2, 0) is 4.79 Å². The SMILES string of the molecule is CCOc1ccc(-n2c(SCC(=O)Nc3ccccc3C)nc3ncccc3c2=O)cc1. The van der Waals surface area contributed by atoms with Gasteiger partial charge in [0.25, 0.3) is 5.56 Å². The molecule has 0 unspecified atom stereocenters. The second-order valence-corrected chi connectivity index (χ2v) is 7.93. The van der Waals surface area contributed by atoms with E-state index in [2.05, 4.69) is 15.3 Å². The number of nitrogens with zero attached hydrogens (tertiary/aromatic N) is 3. The average molecular weight is 447 g/mol. The number of amides is 1. The minimum atomic E-state index is -0.242. The number of ether oxygens (including phenoxy) is 1. The number of fused-ring (bicyclic) bond motifs is 1. The maximum Gasteiger partial charge on any atom is 0.268 e. The lowest BCUT2D eigenvalue weighted by Gasteiger charge is -2.14. The van der Waals surface area contributed by atoms with Gasteiger partial charge in [0.05, 0.1) is 23.4 Å². The predicted octanol–water partition coefficient (Wildman–Crippen LogP) is 4.22. The van der Waals surface area contributed by atoms with E-state index in [0.717, 1.165) is 11.3 Å². The number of anilines is 1. The van der Waals surface area contributed by atoms with Crippen LogP contribution < -0.4 is 15.6 Å². The van der Waals surface area contributed by atoms with E-state index in [1.54, 1.807) is 42.6 Å². The van der Waals surface area contributed by atoms with Crippen molar-refractivity contribution < 1.29 is 9.53 Å². The summed E-state index contributed by atoms with van der Waals surface area (Å²) in [5.74, 6) is 0.625. The first-order chi connectivity index (χ1) is 15.6. The molecule has 1 N–H and O–H groups in total. The molecule has 0 radical (unpaired) electrons. The molecule has 4 rings (SSSR count). The number of carbonyl (C=O) groups is 1. The van der Waals surface area contributed by atoms with Gasteiger partial charge < -0.3 is 10.1 Å². The first-order valence-corrected chi connectivity index (χ1v) is 11.1. The van der Waals surface area contributed by atoms with E-state index in [1.165, 1.54) is 16.3 Å². The van der Waals surface area contributed by atoms with Crippen LogP contribution in [0.4, 0.5) is 5.69 Å². The van der Waals surface area contributed by atoms with Crippen LogP contribution in [0.5, 0.6) is 5.75 Å². The van der Waals surface area contributed by atoms with Gasteiger partial charge in [-0.3, -0.25) is 14.2 Å². The van der Waals surface area contributed by atoms with Crippen LogP contribution in [0.3, 0.4) is 0 Å². The van der Waals surface area contributed by atoms with Crippen LogP contribution in [0, 0.1) is 6.92 Å². The number of nitrogens with one attached hydrogen (secondary N) is 1. The van der Waals surface area contributed by atoms with Gasteiger partial charge in [0.1, 0.15) is 5.75 Å². The number of hydrogen-bond donors (Lipinski definition) is 1. The highest BCUT2D eigenvalue weighted by Crippen LogP contribution is 2.23. The summed E-state index contributed by atoms with van der Waals surface area (Å²) in [6, 6.07) is 18.2. The van der Waals surface area contributed by atoms with Crippen LogP contribution in [0.25, 0.3) is 16.7 Å². The molecule has 0 atom stereocenters. The summed E-state index contributed by atoms with van der Waals surface area (Å²) in [5.41, 5.74) is 2.48. The fourth-order valence-corrected chi connectivity index (χ4v) is 4.01. The van der Waals surface area contributed by atoms with Crippen molar-refractivity contribution in [3.8, 4) is 11.4 Å². The van der Waals surface area contributed by atoms with Crippen molar-refractivity contribution in [1.29, 1.82) is 0 Å². The Kier molecular flexibility index (Phi) is 6.51. The summed E-state index contributed by atoms with van der Waals surface area (Å²) in [5, 5.41) is 3.71. The van der Waals surface area contributed by atoms with E-state index >= 15 is 0 Å². The third-order valence-corrected chi connectivity index (χ3v) is 5.71. The third kappa shape index (κ3) is 4.65. The second kappa shape index (κ2) is 9.65. The number of hydrogen-bond acceptors (Lipinski definition) is 6. The lowest BCUT2D eigenvalue weighted by molar-refractivity contribution is -0.113. The van der Waals surface area contributed by atoms with E-state index < -0.39 is 0 Å². The van der Waals surface area contributed by atoms with E-state index in [9.17, 15) is 9.59 Å². The summed E-state index contributed by atoms with van der Waals surface area (Å²) >= 11 is 1.19. The fraction of sp³-hybridized carbons (Fsp3) is 0.167. The Hall–Kier alpha value is -3.65. The summed E-state index contributed by atoms with van der Waals surface area (Å²) in [6.07, 6.45) is 1.59. The van der Waals surface area contributed by atoms with Crippen LogP contribution in [0.2, 0.25) is 0 Å². The monoisotopic (exact) mass is 446 g/mol. The van der Waals surface area contributed by atoms with Crippen LogP contribution in [0.15, 0.2) is 76.8 Å². The Morgan fingerprint density at radius 3 is 2.62 bits per heavy atom. The van der Waals surface area contributed by atoms with Crippen LogP contribution in [-0.4, -0.2) is 32.8 Å². The standard InChI is InChI=1S/C24H22N4O3S/c1-3-31-18-12-10-17(11-13-18)28-23(30)19-8-6-14-25-22(19)27-24(28)32-15-21(29)26-20-9-5-4-7-16(20)2/h4-14H,3,15H2,1-2H3,(H,26,29). The summed E-state index contributed by atoms with van der Waals surface area (Å²) in [6.45, 7) is 4.40. The number of thioether (sulfide) groups is 1. The van der Waals surface area contributed by atoms with Crippen molar-refractivity contribution in [2.24, 2.45) is 0 Å². The molecule has 0 spiro atoms. The molecule has 2 heterocycles. The number of para-hydroxylation sites is 1. The van der Waals surface area contributed by atoms with Gasteiger partial charge in [0.15, 0.2) is 10.8 Å². The molecule has 0 aliphatic carbocycles. The minimum absolute atomic E-state index is 0.0934. The summed E-state index contributed by atoms with van der Waals surface area (Å²) in [4.78, 5) is 34.6. The lowest BCUT2D eigenvalue weighted by atomic mass is 10.2. The van der Waals surface area contributed by atoms with Crippen molar-refractivity contribution in [3.05, 3.63) is 82.8 Å². The van der Waals surface area contributed by atoms with Gasteiger partial charge in [-0.2, -0.15) is 0 Å². The molecule has 2 aromatic carbocycles. The normalized spacial score (nSPS) is 10.8. The first kappa shape index (κ1) is 21.6. The largest absolute Gasteiger partial charge is 0.494 e. The zero-order chi connectivity index (χ0) is 22.5. The van der Waals surface area contributed by atoms with E-state index in [4.69, 9.17) is 4.74 Å². The molecule has 1 amide bonds. The smallest absolute Gasteiger partial charge is 0.268 e. The van der Waals surface area contributed by atoms with Crippen molar-refractivity contribution in [1.82, 2.24) is 14.5 Å². The molecule has 4 aromatic rings. The van der Waals surface area contributed by atoms with Gasteiger partial charge in [-0.05, 0) is 61.9 Å². The molecule has 2 aromatic heterocycles. The van der Waals surface area contributed by atoms with Crippen LogP contribution in [0.1, 0.15) is 12.5 Å². The number of carbonyl (C=O) groups excluding carboxylic acids is 1. The Labute approximate surface area is 189 Å². The third-order valence-electron chi connectivity index (χ3n) is 4.77. The molecular weight excluding hydrogens is 424 g/mol. The summed E-state index contributed by atoms with van der Waals surface area (Å²) < 4.78 is 7.01. The topological polar surface area (TPSA) is 86.1 Å². The first-order valence-electron chi connectivity index (χ1n) is 10.2. The number of benzene rings is 2. The van der Waals surface area contributed by atoms with Crippen LogP contribution >= 0.6 is 11.8 Å². The molecule has 0 aliphatic heterocycles. The van der Waals surface area contributed by atoms with Gasteiger partial charge in [-0.15, -0.1) is 0 Å². The quantitative estimate of drug-likeness (QED) is 0.338. The molecular formula is C24H22N4O3S. The van der Waals surface area contributed by atoms with Crippen molar-refractivity contribution in [2.75, 3.05) is 17.7 Å². The average Bonchev–Trinajstić information content (AvgIpc) is 2.80. The maximum atomic E-state index is 13.3. The zero-order valence-corrected chi connectivity index (χ0v) is 18.6. The molecule has 0 aliphatic rings. The summed E-state index contributed by atoms with van der Waals surface area (Å²) in [7, 11) is 0.